The molecule has 1 amide bonds. The number of carbonyl (C=O) groups is 1. The fraction of sp³-hybridized carbons (Fsp3) is 0.500. The number of methoxy groups -OCH3 is 2. The van der Waals surface area contributed by atoms with Gasteiger partial charge in [0.25, 0.3) is 11.5 Å². The van der Waals surface area contributed by atoms with Gasteiger partial charge in [-0.1, -0.05) is 0 Å². The molecular formula is C24H30N2O5. The zero-order valence-electron chi connectivity index (χ0n) is 18.6. The summed E-state index contributed by atoms with van der Waals surface area (Å²) in [4.78, 5) is 26.5. The smallest absolute Gasteiger partial charge is 0.263 e. The van der Waals surface area contributed by atoms with Gasteiger partial charge in [-0.2, -0.15) is 0 Å². The molecule has 0 unspecified atom stereocenters. The molecule has 0 bridgehead atoms. The van der Waals surface area contributed by atoms with Gasteiger partial charge in [-0.3, -0.25) is 9.59 Å². The minimum atomic E-state index is -0.337. The largest absolute Gasteiger partial charge is 0.493 e. The van der Waals surface area contributed by atoms with Crippen LogP contribution in [-0.2, 0) is 17.7 Å². The summed E-state index contributed by atoms with van der Waals surface area (Å²) in [5.41, 5.74) is 3.62. The van der Waals surface area contributed by atoms with Crippen LogP contribution in [-0.4, -0.2) is 37.4 Å². The van der Waals surface area contributed by atoms with Crippen molar-refractivity contribution in [3.05, 3.63) is 56.5 Å². The van der Waals surface area contributed by atoms with Gasteiger partial charge in [-0.05, 0) is 74.4 Å². The Balaban J connectivity index is 1.61. The molecule has 2 aliphatic rings. The predicted octanol–water partition coefficient (Wildman–Crippen LogP) is 3.08. The highest BCUT2D eigenvalue weighted by atomic mass is 16.5. The third-order valence-corrected chi connectivity index (χ3v) is 6.37. The van der Waals surface area contributed by atoms with Crippen molar-refractivity contribution in [3.63, 3.8) is 0 Å². The van der Waals surface area contributed by atoms with E-state index in [-0.39, 0.29) is 29.2 Å². The van der Waals surface area contributed by atoms with Crippen LogP contribution in [0.5, 0.6) is 11.5 Å². The van der Waals surface area contributed by atoms with E-state index in [1.165, 1.54) is 0 Å². The third kappa shape index (κ3) is 4.06. The molecule has 2 atom stereocenters. The van der Waals surface area contributed by atoms with Gasteiger partial charge >= 0.3 is 0 Å². The van der Waals surface area contributed by atoms with Crippen molar-refractivity contribution in [1.82, 2.24) is 9.88 Å². The summed E-state index contributed by atoms with van der Waals surface area (Å²) in [6.45, 7) is 4.93. The third-order valence-electron chi connectivity index (χ3n) is 6.37. The number of hydrogen-bond acceptors (Lipinski definition) is 5. The normalized spacial score (nSPS) is 19.9. The first-order valence-corrected chi connectivity index (χ1v) is 10.8. The Bertz CT molecular complexity index is 1050. The second-order valence-corrected chi connectivity index (χ2v) is 8.37. The van der Waals surface area contributed by atoms with Crippen LogP contribution in [0.3, 0.4) is 0 Å². The number of aryl methyl sites for hydroxylation is 3. The van der Waals surface area contributed by atoms with E-state index >= 15 is 0 Å². The summed E-state index contributed by atoms with van der Waals surface area (Å²) >= 11 is 0. The van der Waals surface area contributed by atoms with Crippen molar-refractivity contribution in [1.29, 1.82) is 0 Å². The number of benzene rings is 1. The van der Waals surface area contributed by atoms with Crippen molar-refractivity contribution in [3.8, 4) is 11.5 Å². The summed E-state index contributed by atoms with van der Waals surface area (Å²) in [7, 11) is 3.21. The Morgan fingerprint density at radius 1 is 1.16 bits per heavy atom. The average molecular weight is 427 g/mol. The predicted molar refractivity (Wildman–Crippen MR) is 117 cm³/mol. The first-order valence-electron chi connectivity index (χ1n) is 10.8. The van der Waals surface area contributed by atoms with Crippen LogP contribution in [0, 0.1) is 13.8 Å². The second-order valence-electron chi connectivity index (χ2n) is 8.37. The lowest BCUT2D eigenvalue weighted by Crippen LogP contribution is -2.37. The summed E-state index contributed by atoms with van der Waals surface area (Å²) < 4.78 is 18.2. The number of nitrogens with zero attached hydrogens (tertiary/aromatic N) is 1. The summed E-state index contributed by atoms with van der Waals surface area (Å²) in [5, 5.41) is 3.08. The number of aromatic nitrogens is 1. The Morgan fingerprint density at radius 3 is 2.58 bits per heavy atom. The first kappa shape index (κ1) is 21.4. The Hall–Kier alpha value is -2.80. The van der Waals surface area contributed by atoms with Gasteiger partial charge in [0.15, 0.2) is 11.5 Å². The van der Waals surface area contributed by atoms with Crippen LogP contribution in [0.25, 0.3) is 0 Å². The van der Waals surface area contributed by atoms with E-state index < -0.39 is 0 Å². The van der Waals surface area contributed by atoms with E-state index in [4.69, 9.17) is 14.2 Å². The van der Waals surface area contributed by atoms with Crippen molar-refractivity contribution in [2.24, 2.45) is 0 Å². The Kier molecular flexibility index (Phi) is 6.05. The fourth-order valence-corrected chi connectivity index (χ4v) is 4.74. The lowest BCUT2D eigenvalue weighted by Gasteiger charge is -2.19. The van der Waals surface area contributed by atoms with Gasteiger partial charge in [0.2, 0.25) is 0 Å². The maximum Gasteiger partial charge on any atom is 0.263 e. The highest BCUT2D eigenvalue weighted by Gasteiger charge is 2.29. The first-order chi connectivity index (χ1) is 14.9. The van der Waals surface area contributed by atoms with Gasteiger partial charge in [-0.15, -0.1) is 0 Å². The van der Waals surface area contributed by atoms with Gasteiger partial charge < -0.3 is 24.1 Å². The number of hydrogen-bond donors (Lipinski definition) is 1. The molecule has 0 radical (unpaired) electrons. The van der Waals surface area contributed by atoms with Gasteiger partial charge in [-0.25, -0.2) is 0 Å². The number of rotatable bonds is 6. The molecule has 0 spiro atoms. The van der Waals surface area contributed by atoms with Crippen molar-refractivity contribution in [2.45, 2.75) is 58.2 Å². The maximum absolute atomic E-state index is 13.3. The van der Waals surface area contributed by atoms with Gasteiger partial charge in [0.05, 0.1) is 32.9 Å². The molecule has 1 aromatic carbocycles. The summed E-state index contributed by atoms with van der Waals surface area (Å²) in [5.74, 6) is 0.976. The SMILES string of the molecule is COc1cc2c(cc1OC)[C@H](NC(=O)c1c(C)cc(C)n(C[C@@H]3CCCO3)c1=O)CC2. The minimum Gasteiger partial charge on any atom is -0.493 e. The molecule has 1 N–H and O–H groups in total. The lowest BCUT2D eigenvalue weighted by molar-refractivity contribution is 0.0916. The van der Waals surface area contributed by atoms with Crippen LogP contribution in [0.4, 0.5) is 0 Å². The number of nitrogens with one attached hydrogen (secondary N) is 1. The molecular weight excluding hydrogens is 396 g/mol. The number of pyridine rings is 1. The highest BCUT2D eigenvalue weighted by Crippen LogP contribution is 2.39. The standard InChI is InChI=1S/C24H30N2O5/c1-14-10-15(2)26(13-17-6-5-9-31-17)24(28)22(14)23(27)25-19-8-7-16-11-20(29-3)21(30-4)12-18(16)19/h10-12,17,19H,5-9,13H2,1-4H3,(H,25,27)/t17-,19+/m0/s1. The zero-order valence-corrected chi connectivity index (χ0v) is 18.6. The van der Waals surface area contributed by atoms with Gasteiger partial charge in [0.1, 0.15) is 5.56 Å². The van der Waals surface area contributed by atoms with Crippen LogP contribution in [0.15, 0.2) is 23.0 Å². The molecule has 1 aromatic heterocycles. The maximum atomic E-state index is 13.3. The van der Waals surface area contributed by atoms with Crippen LogP contribution in [0.2, 0.25) is 0 Å². The molecule has 0 saturated carbocycles. The van der Waals surface area contributed by atoms with Gasteiger partial charge in [0, 0.05) is 12.3 Å². The topological polar surface area (TPSA) is 78.8 Å². The molecule has 2 aromatic rings. The van der Waals surface area contributed by atoms with Crippen molar-refractivity contribution in [2.75, 3.05) is 20.8 Å². The summed E-state index contributed by atoms with van der Waals surface area (Å²) in [6.07, 6.45) is 3.57. The molecule has 1 aliphatic carbocycles. The van der Waals surface area contributed by atoms with Crippen LogP contribution >= 0.6 is 0 Å². The van der Waals surface area contributed by atoms with E-state index in [0.29, 0.717) is 23.6 Å². The van der Waals surface area contributed by atoms with Crippen molar-refractivity contribution >= 4 is 5.91 Å². The zero-order chi connectivity index (χ0) is 22.1. The number of fused-ring (bicyclic) bond motifs is 1. The van der Waals surface area contributed by atoms with E-state index in [2.05, 4.69) is 5.32 Å². The molecule has 1 fully saturated rings. The second kappa shape index (κ2) is 8.75. The Morgan fingerprint density at radius 2 is 1.90 bits per heavy atom. The molecule has 2 heterocycles. The van der Waals surface area contributed by atoms with E-state index in [0.717, 1.165) is 49.1 Å². The number of amides is 1. The number of carbonyl (C=O) groups excluding carboxylic acids is 1. The quantitative estimate of drug-likeness (QED) is 0.768. The number of ether oxygens (including phenoxy) is 3. The molecule has 1 saturated heterocycles. The monoisotopic (exact) mass is 426 g/mol. The van der Waals surface area contributed by atoms with Crippen LogP contribution in [0.1, 0.15) is 58.0 Å². The molecule has 1 aliphatic heterocycles. The average Bonchev–Trinajstić information content (AvgIpc) is 3.39. The molecule has 7 nitrogen and oxygen atoms in total. The molecule has 166 valence electrons. The van der Waals surface area contributed by atoms with E-state index in [1.54, 1.807) is 18.8 Å². The molecule has 31 heavy (non-hydrogen) atoms. The summed E-state index contributed by atoms with van der Waals surface area (Å²) in [6, 6.07) is 5.62. The molecule has 7 heteroatoms. The van der Waals surface area contributed by atoms with E-state index in [9.17, 15) is 9.59 Å². The van der Waals surface area contributed by atoms with Crippen LogP contribution < -0.4 is 20.3 Å². The van der Waals surface area contributed by atoms with E-state index in [1.807, 2.05) is 32.0 Å². The highest BCUT2D eigenvalue weighted by molar-refractivity contribution is 5.95. The molecule has 4 rings (SSSR count). The lowest BCUT2D eigenvalue weighted by atomic mass is 10.0. The van der Waals surface area contributed by atoms with Crippen molar-refractivity contribution < 1.29 is 19.0 Å². The minimum absolute atomic E-state index is 0.0270. The fourth-order valence-electron chi connectivity index (χ4n) is 4.74. The Labute approximate surface area is 182 Å².